The second-order valence-corrected chi connectivity index (χ2v) is 6.43. The molecule has 1 heterocycles. The van der Waals surface area contributed by atoms with E-state index in [9.17, 15) is 4.79 Å². The lowest BCUT2D eigenvalue weighted by Crippen LogP contribution is -2.48. The molecule has 1 saturated heterocycles. The molecule has 0 radical (unpaired) electrons. The number of rotatable bonds is 2. The average molecular weight is 309 g/mol. The highest BCUT2D eigenvalue weighted by Gasteiger charge is 2.51. The van der Waals surface area contributed by atoms with Crippen molar-refractivity contribution in [3.8, 4) is 0 Å². The molecule has 4 heteroatoms. The van der Waals surface area contributed by atoms with Gasteiger partial charge in [-0.25, -0.2) is 0 Å². The molecule has 0 aromatic heterocycles. The minimum Gasteiger partial charge on any atom is -0.315 e. The van der Waals surface area contributed by atoms with Crippen molar-refractivity contribution in [2.45, 2.75) is 32.6 Å². The van der Waals surface area contributed by atoms with Gasteiger partial charge in [-0.2, -0.15) is 0 Å². The Morgan fingerprint density at radius 3 is 2.95 bits per heavy atom. The van der Waals surface area contributed by atoms with Gasteiger partial charge in [0.15, 0.2) is 0 Å². The van der Waals surface area contributed by atoms with Crippen molar-refractivity contribution in [2.75, 3.05) is 25.0 Å². The van der Waals surface area contributed by atoms with Crippen LogP contribution in [0.25, 0.3) is 0 Å². The van der Waals surface area contributed by atoms with Crippen molar-refractivity contribution in [1.82, 2.24) is 5.32 Å². The number of carbonyl (C=O) groups excluding carboxylic acids is 1. The van der Waals surface area contributed by atoms with Gasteiger partial charge in [0.05, 0.1) is 5.41 Å². The minimum absolute atomic E-state index is 0. The molecule has 2 atom stereocenters. The molecule has 1 aliphatic carbocycles. The molecule has 1 N–H and O–H groups in total. The molecule has 0 spiro atoms. The first kappa shape index (κ1) is 16.3. The molecule has 1 aliphatic heterocycles. The lowest BCUT2D eigenvalue weighted by molar-refractivity contribution is -0.130. The summed E-state index contributed by atoms with van der Waals surface area (Å²) in [6, 6.07) is 8.22. The van der Waals surface area contributed by atoms with Crippen molar-refractivity contribution in [2.24, 2.45) is 11.3 Å². The Kier molecular flexibility index (Phi) is 4.95. The van der Waals surface area contributed by atoms with Crippen molar-refractivity contribution >= 4 is 24.0 Å². The number of fused-ring (bicyclic) bond motifs is 1. The topological polar surface area (TPSA) is 32.3 Å². The van der Waals surface area contributed by atoms with Gasteiger partial charge in [-0.15, -0.1) is 12.4 Å². The Morgan fingerprint density at radius 2 is 2.19 bits per heavy atom. The van der Waals surface area contributed by atoms with Gasteiger partial charge in [0.2, 0.25) is 5.91 Å². The predicted octanol–water partition coefficient (Wildman–Crippen LogP) is 3.16. The van der Waals surface area contributed by atoms with Gasteiger partial charge in [0, 0.05) is 19.3 Å². The number of nitrogens with zero attached hydrogens (tertiary/aromatic N) is 1. The summed E-state index contributed by atoms with van der Waals surface area (Å²) in [6.45, 7) is 3.93. The van der Waals surface area contributed by atoms with Crippen LogP contribution in [0.1, 0.15) is 31.2 Å². The average Bonchev–Trinajstić information content (AvgIpc) is 2.90. The molecular weight excluding hydrogens is 284 g/mol. The van der Waals surface area contributed by atoms with E-state index < -0.39 is 0 Å². The molecule has 1 aromatic rings. The van der Waals surface area contributed by atoms with Crippen LogP contribution in [0.4, 0.5) is 5.69 Å². The number of halogens is 1. The minimum atomic E-state index is -0.156. The molecule has 1 amide bonds. The summed E-state index contributed by atoms with van der Waals surface area (Å²) in [6.07, 6.45) is 4.70. The largest absolute Gasteiger partial charge is 0.315 e. The number of carbonyl (C=O) groups is 1. The highest BCUT2D eigenvalue weighted by atomic mass is 35.5. The molecule has 1 aromatic carbocycles. The Hall–Kier alpha value is -1.06. The van der Waals surface area contributed by atoms with E-state index in [0.29, 0.717) is 11.8 Å². The van der Waals surface area contributed by atoms with Gasteiger partial charge in [-0.3, -0.25) is 4.79 Å². The molecule has 1 saturated carbocycles. The van der Waals surface area contributed by atoms with Crippen LogP contribution in [-0.2, 0) is 4.79 Å². The predicted molar refractivity (Wildman–Crippen MR) is 89.1 cm³/mol. The van der Waals surface area contributed by atoms with Crippen molar-refractivity contribution < 1.29 is 4.79 Å². The van der Waals surface area contributed by atoms with Gasteiger partial charge in [-0.1, -0.05) is 25.0 Å². The normalized spacial score (nSPS) is 27.6. The third kappa shape index (κ3) is 2.82. The van der Waals surface area contributed by atoms with Gasteiger partial charge in [0.1, 0.15) is 0 Å². The number of aryl methyl sites for hydroxylation is 1. The summed E-state index contributed by atoms with van der Waals surface area (Å²) in [5, 5.41) is 3.46. The molecular formula is C17H25ClN2O. The van der Waals surface area contributed by atoms with E-state index in [1.807, 2.05) is 24.1 Å². The van der Waals surface area contributed by atoms with Crippen molar-refractivity contribution in [1.29, 1.82) is 0 Å². The van der Waals surface area contributed by atoms with Crippen LogP contribution >= 0.6 is 12.4 Å². The molecule has 0 bridgehead atoms. The molecule has 3 nitrogen and oxygen atoms in total. The fourth-order valence-electron chi connectivity index (χ4n) is 3.96. The van der Waals surface area contributed by atoms with Crippen LogP contribution in [0.15, 0.2) is 24.3 Å². The Labute approximate surface area is 133 Å². The fourth-order valence-corrected chi connectivity index (χ4v) is 3.96. The van der Waals surface area contributed by atoms with Gasteiger partial charge in [-0.05, 0) is 49.9 Å². The summed E-state index contributed by atoms with van der Waals surface area (Å²) in [5.41, 5.74) is 2.06. The summed E-state index contributed by atoms with van der Waals surface area (Å²) in [4.78, 5) is 15.0. The number of benzene rings is 1. The van der Waals surface area contributed by atoms with Crippen molar-refractivity contribution in [3.05, 3.63) is 29.8 Å². The maximum Gasteiger partial charge on any atom is 0.234 e. The zero-order chi connectivity index (χ0) is 14.2. The number of hydrogen-bond donors (Lipinski definition) is 1. The summed E-state index contributed by atoms with van der Waals surface area (Å²) in [7, 11) is 1.93. The van der Waals surface area contributed by atoms with Gasteiger partial charge >= 0.3 is 0 Å². The number of anilines is 1. The zero-order valence-electron chi connectivity index (χ0n) is 12.9. The van der Waals surface area contributed by atoms with E-state index in [4.69, 9.17) is 0 Å². The fraction of sp³-hybridized carbons (Fsp3) is 0.588. The van der Waals surface area contributed by atoms with E-state index >= 15 is 0 Å². The Morgan fingerprint density at radius 1 is 1.38 bits per heavy atom. The molecule has 2 fully saturated rings. The first-order chi connectivity index (χ1) is 9.63. The summed E-state index contributed by atoms with van der Waals surface area (Å²) < 4.78 is 0. The molecule has 3 rings (SSSR count). The van der Waals surface area contributed by atoms with Crippen LogP contribution < -0.4 is 10.2 Å². The second-order valence-electron chi connectivity index (χ2n) is 6.43. The monoisotopic (exact) mass is 308 g/mol. The lowest BCUT2D eigenvalue weighted by atomic mass is 9.67. The Bertz CT molecular complexity index is 519. The maximum atomic E-state index is 13.1. The molecule has 116 valence electrons. The van der Waals surface area contributed by atoms with E-state index in [1.165, 1.54) is 24.8 Å². The molecule has 0 unspecified atom stereocenters. The van der Waals surface area contributed by atoms with Crippen LogP contribution in [-0.4, -0.2) is 26.0 Å². The van der Waals surface area contributed by atoms with Crippen LogP contribution in [0, 0.1) is 18.3 Å². The quantitative estimate of drug-likeness (QED) is 0.910. The van der Waals surface area contributed by atoms with Crippen LogP contribution in [0.3, 0.4) is 0 Å². The zero-order valence-corrected chi connectivity index (χ0v) is 13.7. The Balaban J connectivity index is 0.00000161. The smallest absolute Gasteiger partial charge is 0.234 e. The lowest BCUT2D eigenvalue weighted by Gasteiger charge is -2.39. The summed E-state index contributed by atoms with van der Waals surface area (Å²) >= 11 is 0. The number of nitrogens with one attached hydrogen (secondary N) is 1. The van der Waals surface area contributed by atoms with E-state index in [0.717, 1.165) is 25.2 Å². The highest BCUT2D eigenvalue weighted by Crippen LogP contribution is 2.45. The third-order valence-electron chi connectivity index (χ3n) is 5.16. The molecule has 21 heavy (non-hydrogen) atoms. The van der Waals surface area contributed by atoms with Crippen LogP contribution in [0.2, 0.25) is 0 Å². The summed E-state index contributed by atoms with van der Waals surface area (Å²) in [5.74, 6) is 0.828. The molecule has 2 aliphatic rings. The SMILES string of the molecule is Cc1cccc(N(C)C(=O)[C@@]23CCCC[C@H]2CNC3)c1.Cl. The highest BCUT2D eigenvalue weighted by molar-refractivity contribution is 5.98. The second kappa shape index (κ2) is 6.37. The number of hydrogen-bond acceptors (Lipinski definition) is 2. The van der Waals surface area contributed by atoms with Crippen molar-refractivity contribution in [3.63, 3.8) is 0 Å². The van der Waals surface area contributed by atoms with E-state index in [1.54, 1.807) is 0 Å². The standard InChI is InChI=1S/C17H24N2O.ClH/c1-13-6-5-8-15(10-13)19(2)16(20)17-9-4-3-7-14(17)11-18-12-17;/h5-6,8,10,14,18H,3-4,7,9,11-12H2,1-2H3;1H/t14-,17+;/m0./s1. The van der Waals surface area contributed by atoms with Gasteiger partial charge < -0.3 is 10.2 Å². The first-order valence-electron chi connectivity index (χ1n) is 7.69. The van der Waals surface area contributed by atoms with Crippen LogP contribution in [0.5, 0.6) is 0 Å². The number of amides is 1. The van der Waals surface area contributed by atoms with Gasteiger partial charge in [0.25, 0.3) is 0 Å². The third-order valence-corrected chi connectivity index (χ3v) is 5.16. The first-order valence-corrected chi connectivity index (χ1v) is 7.69. The van der Waals surface area contributed by atoms with E-state index in [-0.39, 0.29) is 17.8 Å². The maximum absolute atomic E-state index is 13.1. The van der Waals surface area contributed by atoms with E-state index in [2.05, 4.69) is 24.4 Å².